The molecule has 0 saturated carbocycles. The lowest BCUT2D eigenvalue weighted by Gasteiger charge is -2.19. The van der Waals surface area contributed by atoms with Crippen molar-refractivity contribution in [2.45, 2.75) is 11.9 Å². The minimum absolute atomic E-state index is 0.906. The number of halogens is 2. The first-order valence-corrected chi connectivity index (χ1v) is 7.71. The van der Waals surface area contributed by atoms with Gasteiger partial charge in [-0.05, 0) is 35.4 Å². The highest BCUT2D eigenvalue weighted by Gasteiger charge is 2.02. The topological polar surface area (TPSA) is 3.24 Å². The zero-order valence-electron chi connectivity index (χ0n) is 10.2. The predicted octanol–water partition coefficient (Wildman–Crippen LogP) is 4.98. The molecule has 1 nitrogen and oxygen atoms in total. The van der Waals surface area contributed by atoms with Crippen LogP contribution in [0.25, 0.3) is 0 Å². The summed E-state index contributed by atoms with van der Waals surface area (Å²) in [5.74, 6) is 0. The van der Waals surface area contributed by atoms with Crippen LogP contribution in [0.2, 0.25) is 0 Å². The first-order chi connectivity index (χ1) is 8.69. The molecule has 3 heteroatoms. The van der Waals surface area contributed by atoms with E-state index in [0.29, 0.717) is 0 Å². The normalized spacial score (nSPS) is 10.4. The Labute approximate surface area is 125 Å². The molecule has 0 bridgehead atoms. The van der Waals surface area contributed by atoms with Crippen LogP contribution in [0.1, 0.15) is 11.1 Å². The number of hydrogen-bond donors (Lipinski definition) is 0. The van der Waals surface area contributed by atoms with Crippen LogP contribution in [-0.2, 0) is 11.9 Å². The summed E-state index contributed by atoms with van der Waals surface area (Å²) < 4.78 is 1.12. The van der Waals surface area contributed by atoms with E-state index in [2.05, 4.69) is 92.3 Å². The first kappa shape index (κ1) is 13.6. The summed E-state index contributed by atoms with van der Waals surface area (Å²) in [4.78, 5) is 2.25. The summed E-state index contributed by atoms with van der Waals surface area (Å²) in [5.41, 5.74) is 3.85. The fourth-order valence-electron chi connectivity index (χ4n) is 1.79. The highest BCUT2D eigenvalue weighted by molar-refractivity contribution is 9.10. The van der Waals surface area contributed by atoms with Gasteiger partial charge in [-0.25, -0.2) is 0 Å². The third-order valence-electron chi connectivity index (χ3n) is 2.86. The average molecular weight is 369 g/mol. The van der Waals surface area contributed by atoms with Crippen LogP contribution >= 0.6 is 31.9 Å². The van der Waals surface area contributed by atoms with Crippen LogP contribution in [0.3, 0.4) is 0 Å². The van der Waals surface area contributed by atoms with Crippen molar-refractivity contribution in [1.29, 1.82) is 0 Å². The lowest BCUT2D eigenvalue weighted by molar-refractivity contribution is 0.922. The Balaban J connectivity index is 2.06. The predicted molar refractivity (Wildman–Crippen MR) is 85.3 cm³/mol. The van der Waals surface area contributed by atoms with Gasteiger partial charge in [-0.15, -0.1) is 0 Å². The average Bonchev–Trinajstić information content (AvgIpc) is 2.41. The van der Waals surface area contributed by atoms with Gasteiger partial charge in [0, 0.05) is 29.1 Å². The van der Waals surface area contributed by atoms with Crippen LogP contribution in [0.4, 0.5) is 5.69 Å². The second-order valence-electron chi connectivity index (χ2n) is 4.28. The second kappa shape index (κ2) is 6.39. The smallest absolute Gasteiger partial charge is 0.0426 e. The number of alkyl halides is 1. The lowest BCUT2D eigenvalue weighted by atomic mass is 10.2. The van der Waals surface area contributed by atoms with Crippen molar-refractivity contribution >= 4 is 37.5 Å². The van der Waals surface area contributed by atoms with Gasteiger partial charge in [0.2, 0.25) is 0 Å². The van der Waals surface area contributed by atoms with Gasteiger partial charge >= 0.3 is 0 Å². The molecule has 18 heavy (non-hydrogen) atoms. The minimum Gasteiger partial charge on any atom is -0.370 e. The Morgan fingerprint density at radius 1 is 0.889 bits per heavy atom. The third-order valence-corrected chi connectivity index (χ3v) is 4.04. The Kier molecular flexibility index (Phi) is 4.84. The number of hydrogen-bond acceptors (Lipinski definition) is 1. The molecule has 0 N–H and O–H groups in total. The van der Waals surface area contributed by atoms with E-state index in [0.717, 1.165) is 16.3 Å². The van der Waals surface area contributed by atoms with Gasteiger partial charge in [0.25, 0.3) is 0 Å². The molecule has 0 heterocycles. The summed E-state index contributed by atoms with van der Waals surface area (Å²) in [6, 6.07) is 17.1. The molecule has 0 radical (unpaired) electrons. The molecule has 94 valence electrons. The lowest BCUT2D eigenvalue weighted by Crippen LogP contribution is -2.16. The molecule has 0 aliphatic carbocycles. The monoisotopic (exact) mass is 367 g/mol. The highest BCUT2D eigenvalue weighted by atomic mass is 79.9. The van der Waals surface area contributed by atoms with Crippen molar-refractivity contribution in [1.82, 2.24) is 0 Å². The van der Waals surface area contributed by atoms with Gasteiger partial charge in [-0.2, -0.15) is 0 Å². The summed E-state index contributed by atoms with van der Waals surface area (Å²) in [7, 11) is 2.12. The van der Waals surface area contributed by atoms with Crippen molar-refractivity contribution in [3.05, 3.63) is 64.1 Å². The SMILES string of the molecule is CN(Cc1ccc(Br)cc1)c1ccc(CBr)cc1. The molecular weight excluding hydrogens is 354 g/mol. The van der Waals surface area contributed by atoms with E-state index in [-0.39, 0.29) is 0 Å². The zero-order valence-corrected chi connectivity index (χ0v) is 13.4. The molecule has 0 unspecified atom stereocenters. The first-order valence-electron chi connectivity index (χ1n) is 5.79. The van der Waals surface area contributed by atoms with E-state index < -0.39 is 0 Å². The molecule has 2 aromatic rings. The van der Waals surface area contributed by atoms with E-state index in [9.17, 15) is 0 Å². The molecule has 0 aliphatic rings. The van der Waals surface area contributed by atoms with E-state index in [1.807, 2.05) is 0 Å². The van der Waals surface area contributed by atoms with Gasteiger partial charge < -0.3 is 4.90 Å². The van der Waals surface area contributed by atoms with Crippen LogP contribution in [0, 0.1) is 0 Å². The number of rotatable bonds is 4. The standard InChI is InChI=1S/C15H15Br2N/c1-18(11-13-2-6-14(17)7-3-13)15-8-4-12(10-16)5-9-15/h2-9H,10-11H2,1H3. The Morgan fingerprint density at radius 2 is 1.44 bits per heavy atom. The van der Waals surface area contributed by atoms with Crippen molar-refractivity contribution in [3.8, 4) is 0 Å². The van der Waals surface area contributed by atoms with E-state index >= 15 is 0 Å². The molecule has 0 aromatic heterocycles. The number of benzene rings is 2. The molecule has 0 saturated heterocycles. The number of anilines is 1. The van der Waals surface area contributed by atoms with Gasteiger partial charge in [0.1, 0.15) is 0 Å². The molecule has 0 atom stereocenters. The van der Waals surface area contributed by atoms with E-state index in [4.69, 9.17) is 0 Å². The molecular formula is C15H15Br2N. The fourth-order valence-corrected chi connectivity index (χ4v) is 2.43. The molecule has 2 rings (SSSR count). The van der Waals surface area contributed by atoms with E-state index in [1.165, 1.54) is 16.8 Å². The van der Waals surface area contributed by atoms with Crippen molar-refractivity contribution in [3.63, 3.8) is 0 Å². The Hall–Kier alpha value is -0.800. The van der Waals surface area contributed by atoms with Gasteiger partial charge in [-0.3, -0.25) is 0 Å². The minimum atomic E-state index is 0.906. The maximum absolute atomic E-state index is 3.46. The Bertz CT molecular complexity index is 491. The van der Waals surface area contributed by atoms with Gasteiger partial charge in [0.05, 0.1) is 0 Å². The largest absolute Gasteiger partial charge is 0.370 e. The van der Waals surface area contributed by atoms with Crippen LogP contribution in [0.5, 0.6) is 0 Å². The number of nitrogens with zero attached hydrogens (tertiary/aromatic N) is 1. The van der Waals surface area contributed by atoms with Crippen molar-refractivity contribution in [2.24, 2.45) is 0 Å². The van der Waals surface area contributed by atoms with Crippen molar-refractivity contribution in [2.75, 3.05) is 11.9 Å². The molecule has 0 aliphatic heterocycles. The van der Waals surface area contributed by atoms with Gasteiger partial charge in [-0.1, -0.05) is 56.1 Å². The summed E-state index contributed by atoms with van der Waals surface area (Å²) in [6.07, 6.45) is 0. The fraction of sp³-hybridized carbons (Fsp3) is 0.200. The second-order valence-corrected chi connectivity index (χ2v) is 5.76. The maximum atomic E-state index is 3.46. The molecule has 0 spiro atoms. The quantitative estimate of drug-likeness (QED) is 0.688. The van der Waals surface area contributed by atoms with Crippen molar-refractivity contribution < 1.29 is 0 Å². The maximum Gasteiger partial charge on any atom is 0.0426 e. The Morgan fingerprint density at radius 3 is 2.00 bits per heavy atom. The van der Waals surface area contributed by atoms with Crippen LogP contribution < -0.4 is 4.90 Å². The van der Waals surface area contributed by atoms with Crippen LogP contribution in [-0.4, -0.2) is 7.05 Å². The summed E-state index contributed by atoms with van der Waals surface area (Å²) in [5, 5.41) is 0.906. The molecule has 0 fully saturated rings. The van der Waals surface area contributed by atoms with Crippen LogP contribution in [0.15, 0.2) is 53.0 Å². The van der Waals surface area contributed by atoms with E-state index in [1.54, 1.807) is 0 Å². The zero-order chi connectivity index (χ0) is 13.0. The molecule has 0 amide bonds. The van der Waals surface area contributed by atoms with Gasteiger partial charge in [0.15, 0.2) is 0 Å². The summed E-state index contributed by atoms with van der Waals surface area (Å²) in [6.45, 7) is 0.918. The molecule has 2 aromatic carbocycles. The summed E-state index contributed by atoms with van der Waals surface area (Å²) >= 11 is 6.92. The highest BCUT2D eigenvalue weighted by Crippen LogP contribution is 2.18. The third kappa shape index (κ3) is 3.59.